The highest BCUT2D eigenvalue weighted by molar-refractivity contribution is 5.69. The Kier molecular flexibility index (Phi) is 2.05. The fraction of sp³-hybridized carbons (Fsp3) is 0.667. The van der Waals surface area contributed by atoms with Gasteiger partial charge in [-0.25, -0.2) is 0 Å². The second-order valence-electron chi connectivity index (χ2n) is 2.21. The first kappa shape index (κ1) is 6.55. The SMILES string of the molecule is O=C(O)CN1C[CH]CC1. The van der Waals surface area contributed by atoms with E-state index in [-0.39, 0.29) is 6.54 Å². The van der Waals surface area contributed by atoms with Gasteiger partial charge in [0.05, 0.1) is 6.54 Å². The summed E-state index contributed by atoms with van der Waals surface area (Å²) in [5.41, 5.74) is 0. The number of carbonyl (C=O) groups is 1. The lowest BCUT2D eigenvalue weighted by molar-refractivity contribution is -0.138. The van der Waals surface area contributed by atoms with Gasteiger partial charge in [-0.2, -0.15) is 0 Å². The molecule has 1 rings (SSSR count). The van der Waals surface area contributed by atoms with E-state index < -0.39 is 5.97 Å². The second kappa shape index (κ2) is 2.82. The molecule has 0 bridgehead atoms. The number of aliphatic carboxylic acids is 1. The van der Waals surface area contributed by atoms with Crippen LogP contribution in [0.3, 0.4) is 0 Å². The van der Waals surface area contributed by atoms with E-state index in [1.165, 1.54) is 0 Å². The lowest BCUT2D eigenvalue weighted by Crippen LogP contribution is -2.26. The summed E-state index contributed by atoms with van der Waals surface area (Å²) in [6.45, 7) is 1.94. The molecule has 1 fully saturated rings. The summed E-state index contributed by atoms with van der Waals surface area (Å²) in [6, 6.07) is 0. The smallest absolute Gasteiger partial charge is 0.317 e. The average molecular weight is 128 g/mol. The van der Waals surface area contributed by atoms with E-state index in [0.717, 1.165) is 19.5 Å². The predicted molar refractivity (Wildman–Crippen MR) is 33.0 cm³/mol. The third-order valence-electron chi connectivity index (χ3n) is 1.40. The molecule has 1 saturated heterocycles. The maximum atomic E-state index is 10.1. The van der Waals surface area contributed by atoms with Gasteiger partial charge in [0.1, 0.15) is 0 Å². The summed E-state index contributed by atoms with van der Waals surface area (Å²) in [6.07, 6.45) is 3.14. The largest absolute Gasteiger partial charge is 0.480 e. The number of hydrogen-bond acceptors (Lipinski definition) is 2. The first-order valence-corrected chi connectivity index (χ1v) is 3.05. The number of rotatable bonds is 2. The number of carboxylic acid groups (broad SMARTS) is 1. The van der Waals surface area contributed by atoms with Crippen molar-refractivity contribution in [2.75, 3.05) is 19.6 Å². The van der Waals surface area contributed by atoms with Gasteiger partial charge in [-0.1, -0.05) is 0 Å². The summed E-state index contributed by atoms with van der Waals surface area (Å²) in [7, 11) is 0. The van der Waals surface area contributed by atoms with Gasteiger partial charge in [0.2, 0.25) is 0 Å². The van der Waals surface area contributed by atoms with Crippen LogP contribution in [-0.2, 0) is 4.79 Å². The number of carboxylic acids is 1. The van der Waals surface area contributed by atoms with Gasteiger partial charge < -0.3 is 5.11 Å². The summed E-state index contributed by atoms with van der Waals surface area (Å²) in [5.74, 6) is -0.731. The zero-order valence-electron chi connectivity index (χ0n) is 5.21. The minimum atomic E-state index is -0.731. The molecule has 0 amide bonds. The molecular weight excluding hydrogens is 118 g/mol. The van der Waals surface area contributed by atoms with Crippen molar-refractivity contribution < 1.29 is 9.90 Å². The lowest BCUT2D eigenvalue weighted by atomic mass is 10.4. The summed E-state index contributed by atoms with van der Waals surface area (Å²) < 4.78 is 0. The molecule has 0 saturated carbocycles. The highest BCUT2D eigenvalue weighted by atomic mass is 16.4. The van der Waals surface area contributed by atoms with Crippen LogP contribution in [0.15, 0.2) is 0 Å². The number of nitrogens with zero attached hydrogens (tertiary/aromatic N) is 1. The fourth-order valence-corrected chi connectivity index (χ4v) is 0.974. The van der Waals surface area contributed by atoms with E-state index in [4.69, 9.17) is 5.11 Å². The van der Waals surface area contributed by atoms with Crippen molar-refractivity contribution in [3.8, 4) is 0 Å². The van der Waals surface area contributed by atoms with Crippen LogP contribution in [0.4, 0.5) is 0 Å². The molecule has 1 aliphatic rings. The second-order valence-corrected chi connectivity index (χ2v) is 2.21. The maximum Gasteiger partial charge on any atom is 0.317 e. The van der Waals surface area contributed by atoms with E-state index in [9.17, 15) is 4.79 Å². The van der Waals surface area contributed by atoms with Crippen LogP contribution in [-0.4, -0.2) is 35.6 Å². The first-order valence-electron chi connectivity index (χ1n) is 3.05. The lowest BCUT2D eigenvalue weighted by Gasteiger charge is -2.09. The zero-order chi connectivity index (χ0) is 6.69. The molecule has 0 spiro atoms. The van der Waals surface area contributed by atoms with Crippen molar-refractivity contribution in [1.82, 2.24) is 4.90 Å². The van der Waals surface area contributed by atoms with Crippen molar-refractivity contribution in [3.63, 3.8) is 0 Å². The minimum absolute atomic E-state index is 0.191. The van der Waals surface area contributed by atoms with Gasteiger partial charge in [0.15, 0.2) is 0 Å². The van der Waals surface area contributed by atoms with Gasteiger partial charge in [-0.05, 0) is 19.4 Å². The molecule has 0 aliphatic carbocycles. The monoisotopic (exact) mass is 128 g/mol. The zero-order valence-corrected chi connectivity index (χ0v) is 5.21. The molecule has 9 heavy (non-hydrogen) atoms. The van der Waals surface area contributed by atoms with Crippen LogP contribution in [0.2, 0.25) is 0 Å². The molecule has 0 aromatic rings. The van der Waals surface area contributed by atoms with Gasteiger partial charge in [0, 0.05) is 6.54 Å². The molecule has 1 radical (unpaired) electrons. The molecule has 0 atom stereocenters. The molecule has 1 aliphatic heterocycles. The Hall–Kier alpha value is -0.570. The Morgan fingerprint density at radius 1 is 1.78 bits per heavy atom. The standard InChI is InChI=1S/C6H10NO2/c8-6(9)5-7-3-1-2-4-7/h1H,2-5H2,(H,8,9). The first-order chi connectivity index (χ1) is 4.29. The molecule has 3 nitrogen and oxygen atoms in total. The number of likely N-dealkylation sites (tertiary alicyclic amines) is 1. The van der Waals surface area contributed by atoms with E-state index in [0.29, 0.717) is 0 Å². The van der Waals surface area contributed by atoms with Crippen molar-refractivity contribution >= 4 is 5.97 Å². The molecule has 51 valence electrons. The van der Waals surface area contributed by atoms with Gasteiger partial charge in [-0.15, -0.1) is 0 Å². The Morgan fingerprint density at radius 2 is 2.56 bits per heavy atom. The van der Waals surface area contributed by atoms with Crippen LogP contribution in [0.5, 0.6) is 0 Å². The Balaban J connectivity index is 2.19. The summed E-state index contributed by atoms with van der Waals surface area (Å²) >= 11 is 0. The highest BCUT2D eigenvalue weighted by Crippen LogP contribution is 2.04. The Bertz CT molecular complexity index is 108. The highest BCUT2D eigenvalue weighted by Gasteiger charge is 2.13. The molecule has 3 heteroatoms. The van der Waals surface area contributed by atoms with Crippen molar-refractivity contribution in [2.45, 2.75) is 6.42 Å². The third kappa shape index (κ3) is 2.01. The maximum absolute atomic E-state index is 10.1. The third-order valence-corrected chi connectivity index (χ3v) is 1.40. The summed E-state index contributed by atoms with van der Waals surface area (Å²) in [5, 5.41) is 8.32. The molecule has 1 N–H and O–H groups in total. The summed E-state index contributed by atoms with van der Waals surface area (Å²) in [4.78, 5) is 12.0. The fourth-order valence-electron chi connectivity index (χ4n) is 0.974. The van der Waals surface area contributed by atoms with Crippen LogP contribution < -0.4 is 0 Å². The van der Waals surface area contributed by atoms with Crippen molar-refractivity contribution in [1.29, 1.82) is 0 Å². The topological polar surface area (TPSA) is 40.5 Å². The van der Waals surface area contributed by atoms with Gasteiger partial charge in [-0.3, -0.25) is 9.69 Å². The predicted octanol–water partition coefficient (Wildman–Crippen LogP) is -0.0190. The normalized spacial score (nSPS) is 20.4. The van der Waals surface area contributed by atoms with E-state index in [1.807, 2.05) is 4.90 Å². The van der Waals surface area contributed by atoms with Gasteiger partial charge in [0.25, 0.3) is 0 Å². The van der Waals surface area contributed by atoms with Crippen LogP contribution >= 0.6 is 0 Å². The average Bonchev–Trinajstić information content (AvgIpc) is 2.15. The molecule has 0 unspecified atom stereocenters. The molecule has 0 aromatic carbocycles. The molecular formula is C6H10NO2. The van der Waals surface area contributed by atoms with Crippen LogP contribution in [0, 0.1) is 6.42 Å². The van der Waals surface area contributed by atoms with Crippen molar-refractivity contribution in [2.24, 2.45) is 0 Å². The quantitative estimate of drug-likeness (QED) is 0.568. The van der Waals surface area contributed by atoms with E-state index >= 15 is 0 Å². The van der Waals surface area contributed by atoms with E-state index in [2.05, 4.69) is 6.42 Å². The van der Waals surface area contributed by atoms with E-state index in [1.54, 1.807) is 0 Å². The molecule has 1 heterocycles. The van der Waals surface area contributed by atoms with Gasteiger partial charge >= 0.3 is 5.97 Å². The Labute approximate surface area is 54.3 Å². The number of hydrogen-bond donors (Lipinski definition) is 1. The van der Waals surface area contributed by atoms with Crippen LogP contribution in [0.25, 0.3) is 0 Å². The Morgan fingerprint density at radius 3 is 3.00 bits per heavy atom. The minimum Gasteiger partial charge on any atom is -0.480 e. The van der Waals surface area contributed by atoms with Crippen LogP contribution in [0.1, 0.15) is 6.42 Å². The molecule has 0 aromatic heterocycles. The van der Waals surface area contributed by atoms with Crippen molar-refractivity contribution in [3.05, 3.63) is 6.42 Å².